The number of nitrogens with one attached hydrogen (secondary N) is 1. The van der Waals surface area contributed by atoms with Gasteiger partial charge in [0.15, 0.2) is 0 Å². The van der Waals surface area contributed by atoms with Gasteiger partial charge in [-0.3, -0.25) is 0 Å². The molecule has 0 radical (unpaired) electrons. The highest BCUT2D eigenvalue weighted by atomic mass is 28.3. The van der Waals surface area contributed by atoms with E-state index in [0.29, 0.717) is 5.91 Å². The molecule has 1 unspecified atom stereocenters. The van der Waals surface area contributed by atoms with Crippen LogP contribution in [-0.2, 0) is 4.79 Å². The van der Waals surface area contributed by atoms with Crippen molar-refractivity contribution in [1.29, 1.82) is 0 Å². The van der Waals surface area contributed by atoms with Gasteiger partial charge in [0.1, 0.15) is 0 Å². The largest absolute Gasteiger partial charge is 0.466 e. The van der Waals surface area contributed by atoms with Gasteiger partial charge < -0.3 is 4.57 Å². The summed E-state index contributed by atoms with van der Waals surface area (Å²) < 4.78 is 0.947. The van der Waals surface area contributed by atoms with Crippen LogP contribution < -0.4 is 4.57 Å². The SMILES string of the molecule is [CH2-][NH+]1C(=O)CC[Si]1(C)C. The molecule has 1 amide bonds. The van der Waals surface area contributed by atoms with Crippen molar-refractivity contribution in [2.75, 3.05) is 0 Å². The van der Waals surface area contributed by atoms with Crippen LogP contribution in [0.15, 0.2) is 0 Å². The van der Waals surface area contributed by atoms with Gasteiger partial charge in [-0.1, -0.05) is 0 Å². The summed E-state index contributed by atoms with van der Waals surface area (Å²) >= 11 is 0. The predicted octanol–water partition coefficient (Wildman–Crippen LogP) is -0.202. The van der Waals surface area contributed by atoms with Gasteiger partial charge in [0.05, 0.1) is 6.42 Å². The molecule has 52 valence electrons. The Morgan fingerprint density at radius 3 is 2.33 bits per heavy atom. The van der Waals surface area contributed by atoms with Crippen LogP contribution in [0, 0.1) is 7.05 Å². The third-order valence-electron chi connectivity index (χ3n) is 2.13. The maximum absolute atomic E-state index is 10.9. The summed E-state index contributed by atoms with van der Waals surface area (Å²) in [6.07, 6.45) is 0.762. The number of carbonyl (C=O) groups is 1. The molecule has 1 fully saturated rings. The molecule has 1 heterocycles. The first kappa shape index (κ1) is 6.96. The third-order valence-corrected chi connectivity index (χ3v) is 5.54. The Morgan fingerprint density at radius 1 is 1.67 bits per heavy atom. The summed E-state index contributed by atoms with van der Waals surface area (Å²) in [5.41, 5.74) is 0. The fourth-order valence-corrected chi connectivity index (χ4v) is 3.14. The van der Waals surface area contributed by atoms with Crippen LogP contribution in [0.25, 0.3) is 0 Å². The number of hydrogen-bond acceptors (Lipinski definition) is 1. The van der Waals surface area contributed by atoms with Crippen LogP contribution in [0.5, 0.6) is 0 Å². The van der Waals surface area contributed by atoms with E-state index < -0.39 is 8.24 Å². The normalized spacial score (nSPS) is 33.2. The standard InChI is InChI=1S/C6H13NOSi/c1-7-6(8)4-5-9(7,2)3/h7H,1,4-5H2,2-3H3. The molecule has 0 bridgehead atoms. The second-order valence-corrected chi connectivity index (χ2v) is 8.16. The summed E-state index contributed by atoms with van der Waals surface area (Å²) in [7, 11) is 2.55. The van der Waals surface area contributed by atoms with Gasteiger partial charge in [-0.25, -0.2) is 4.79 Å². The van der Waals surface area contributed by atoms with Crippen molar-refractivity contribution in [3.05, 3.63) is 7.05 Å². The Bertz CT molecular complexity index is 144. The minimum absolute atomic E-state index is 0.312. The molecule has 0 aromatic carbocycles. The molecule has 1 rings (SSSR count). The zero-order valence-corrected chi connectivity index (χ0v) is 7.03. The van der Waals surface area contributed by atoms with Crippen LogP contribution in [0.1, 0.15) is 6.42 Å². The quantitative estimate of drug-likeness (QED) is 0.368. The monoisotopic (exact) mass is 143 g/mol. The second kappa shape index (κ2) is 1.92. The number of rotatable bonds is 0. The highest BCUT2D eigenvalue weighted by molar-refractivity contribution is 6.71. The van der Waals surface area contributed by atoms with Gasteiger partial charge in [0, 0.05) is 6.04 Å². The number of quaternary nitrogens is 1. The molecule has 1 saturated heterocycles. The first-order valence-corrected chi connectivity index (χ1v) is 6.47. The lowest BCUT2D eigenvalue weighted by Gasteiger charge is -2.25. The van der Waals surface area contributed by atoms with E-state index in [4.69, 9.17) is 0 Å². The molecule has 0 aliphatic carbocycles. The van der Waals surface area contributed by atoms with Gasteiger partial charge in [0.2, 0.25) is 0 Å². The molecular formula is C6H13NOSi. The summed E-state index contributed by atoms with van der Waals surface area (Å²) in [4.78, 5) is 10.9. The van der Waals surface area contributed by atoms with Crippen molar-refractivity contribution >= 4 is 14.1 Å². The van der Waals surface area contributed by atoms with Crippen molar-refractivity contribution in [3.8, 4) is 0 Å². The third kappa shape index (κ3) is 1.07. The Balaban J connectivity index is 2.73. The average Bonchev–Trinajstić information content (AvgIpc) is 1.97. The topological polar surface area (TPSA) is 21.5 Å². The molecule has 0 aromatic heterocycles. The Kier molecular flexibility index (Phi) is 1.48. The van der Waals surface area contributed by atoms with Crippen LogP contribution in [0.2, 0.25) is 19.1 Å². The van der Waals surface area contributed by atoms with Gasteiger partial charge in [0.25, 0.3) is 14.1 Å². The van der Waals surface area contributed by atoms with Crippen molar-refractivity contribution in [3.63, 3.8) is 0 Å². The Hall–Kier alpha value is -0.153. The minimum atomic E-state index is -1.25. The molecular weight excluding hydrogens is 130 g/mol. The highest BCUT2D eigenvalue weighted by Crippen LogP contribution is 2.09. The first-order chi connectivity index (χ1) is 4.04. The molecule has 0 spiro atoms. The molecule has 3 heteroatoms. The summed E-state index contributed by atoms with van der Waals surface area (Å²) in [6, 6.07) is 1.12. The molecule has 1 aliphatic rings. The molecule has 9 heavy (non-hydrogen) atoms. The smallest absolute Gasteiger partial charge is 0.269 e. The summed E-state index contributed by atoms with van der Waals surface area (Å²) in [5.74, 6) is 0.312. The van der Waals surface area contributed by atoms with E-state index >= 15 is 0 Å². The maximum atomic E-state index is 10.9. The highest BCUT2D eigenvalue weighted by Gasteiger charge is 2.40. The van der Waals surface area contributed by atoms with E-state index in [1.165, 1.54) is 0 Å². The number of carbonyl (C=O) groups excluding carboxylic acids is 1. The fourth-order valence-electron chi connectivity index (χ4n) is 1.11. The number of hydrogen-bond donors (Lipinski definition) is 1. The van der Waals surface area contributed by atoms with Crippen molar-refractivity contribution in [2.24, 2.45) is 0 Å². The maximum Gasteiger partial charge on any atom is 0.269 e. The molecule has 0 saturated carbocycles. The van der Waals surface area contributed by atoms with E-state index in [2.05, 4.69) is 20.1 Å². The second-order valence-electron chi connectivity index (χ2n) is 3.29. The predicted molar refractivity (Wildman–Crippen MR) is 38.2 cm³/mol. The van der Waals surface area contributed by atoms with Crippen molar-refractivity contribution in [1.82, 2.24) is 0 Å². The van der Waals surface area contributed by atoms with Gasteiger partial charge >= 0.3 is 0 Å². The molecule has 1 N–H and O–H groups in total. The van der Waals surface area contributed by atoms with Crippen LogP contribution in [0.3, 0.4) is 0 Å². The van der Waals surface area contributed by atoms with Gasteiger partial charge in [-0.15, -0.1) is 0 Å². The zero-order valence-electron chi connectivity index (χ0n) is 6.03. The van der Waals surface area contributed by atoms with Crippen LogP contribution in [0.4, 0.5) is 0 Å². The van der Waals surface area contributed by atoms with Crippen LogP contribution in [-0.4, -0.2) is 14.1 Å². The van der Waals surface area contributed by atoms with Gasteiger partial charge in [-0.2, -0.15) is 7.05 Å². The lowest BCUT2D eigenvalue weighted by atomic mass is 10.5. The fraction of sp³-hybridized carbons (Fsp3) is 0.667. The lowest BCUT2D eigenvalue weighted by Crippen LogP contribution is -3.17. The minimum Gasteiger partial charge on any atom is -0.466 e. The van der Waals surface area contributed by atoms with Crippen LogP contribution >= 0.6 is 0 Å². The molecule has 0 aromatic rings. The summed E-state index contributed by atoms with van der Waals surface area (Å²) in [5, 5.41) is 0. The van der Waals surface area contributed by atoms with E-state index in [1.807, 2.05) is 0 Å². The molecule has 1 atom stereocenters. The molecule has 2 nitrogen and oxygen atoms in total. The molecule has 1 aliphatic heterocycles. The van der Waals surface area contributed by atoms with Crippen molar-refractivity contribution in [2.45, 2.75) is 25.6 Å². The number of amides is 1. The average molecular weight is 143 g/mol. The van der Waals surface area contributed by atoms with E-state index in [-0.39, 0.29) is 0 Å². The van der Waals surface area contributed by atoms with Crippen molar-refractivity contribution < 1.29 is 9.36 Å². The van der Waals surface area contributed by atoms with E-state index in [0.717, 1.165) is 17.0 Å². The Morgan fingerprint density at radius 2 is 2.22 bits per heavy atom. The zero-order chi connectivity index (χ0) is 7.07. The first-order valence-electron chi connectivity index (χ1n) is 3.26. The van der Waals surface area contributed by atoms with E-state index in [9.17, 15) is 4.79 Å². The Labute approximate surface area is 56.9 Å². The summed E-state index contributed by atoms with van der Waals surface area (Å²) in [6.45, 7) is 4.42. The van der Waals surface area contributed by atoms with E-state index in [1.54, 1.807) is 0 Å². The van der Waals surface area contributed by atoms with Gasteiger partial charge in [-0.05, 0) is 13.1 Å². The lowest BCUT2D eigenvalue weighted by molar-refractivity contribution is -0.651.